The Morgan fingerprint density at radius 2 is 1.83 bits per heavy atom. The number of nitrogens with zero attached hydrogens (tertiary/aromatic N) is 4. The monoisotopic (exact) mass is 348 g/mol. The van der Waals surface area contributed by atoms with E-state index in [1.54, 1.807) is 42.5 Å². The lowest BCUT2D eigenvalue weighted by molar-refractivity contribution is 0.579. The second-order valence-corrected chi connectivity index (χ2v) is 7.35. The number of halogens is 1. The zero-order chi connectivity index (χ0) is 16.3. The number of sulfone groups is 1. The number of aryl methyl sites for hydroxylation is 1. The van der Waals surface area contributed by atoms with Crippen molar-refractivity contribution < 1.29 is 8.42 Å². The van der Waals surface area contributed by atoms with Gasteiger partial charge in [0.2, 0.25) is 9.84 Å². The first-order valence-electron chi connectivity index (χ1n) is 6.87. The topological polar surface area (TPSA) is 77.7 Å². The molecule has 0 aliphatic heterocycles. The smallest absolute Gasteiger partial charge is 0.220 e. The minimum Gasteiger partial charge on any atom is -0.220 e. The molecule has 0 unspecified atom stereocenters. The lowest BCUT2D eigenvalue weighted by atomic mass is 10.2. The van der Waals surface area contributed by atoms with Crippen LogP contribution in [0.5, 0.6) is 0 Å². The van der Waals surface area contributed by atoms with Crippen molar-refractivity contribution in [1.82, 2.24) is 20.2 Å². The van der Waals surface area contributed by atoms with E-state index in [0.29, 0.717) is 17.1 Å². The van der Waals surface area contributed by atoms with Gasteiger partial charge in [-0.1, -0.05) is 47.0 Å². The second-order valence-electron chi connectivity index (χ2n) is 4.91. The van der Waals surface area contributed by atoms with Crippen LogP contribution in [0.25, 0.3) is 5.69 Å². The van der Waals surface area contributed by atoms with E-state index in [1.807, 2.05) is 12.1 Å². The molecular formula is C15H13ClN4O2S. The molecule has 3 aromatic rings. The SMILES string of the molecule is O=S(=O)(CCc1cccc(Cl)c1)c1nnnn1-c1ccccc1. The minimum absolute atomic E-state index is 0.0967. The summed E-state index contributed by atoms with van der Waals surface area (Å²) in [6.45, 7) is 0. The van der Waals surface area contributed by atoms with E-state index in [1.165, 1.54) is 4.68 Å². The number of hydrogen-bond donors (Lipinski definition) is 0. The largest absolute Gasteiger partial charge is 0.272 e. The number of hydrogen-bond acceptors (Lipinski definition) is 5. The Morgan fingerprint density at radius 3 is 2.57 bits per heavy atom. The molecule has 0 fully saturated rings. The highest BCUT2D eigenvalue weighted by molar-refractivity contribution is 7.91. The molecule has 118 valence electrons. The van der Waals surface area contributed by atoms with E-state index >= 15 is 0 Å². The van der Waals surface area contributed by atoms with Gasteiger partial charge in [0.1, 0.15) is 0 Å². The summed E-state index contributed by atoms with van der Waals surface area (Å²) in [4.78, 5) is 0. The summed E-state index contributed by atoms with van der Waals surface area (Å²) in [5, 5.41) is 11.4. The van der Waals surface area contributed by atoms with Crippen molar-refractivity contribution in [1.29, 1.82) is 0 Å². The van der Waals surface area contributed by atoms with E-state index in [4.69, 9.17) is 11.6 Å². The third kappa shape index (κ3) is 3.57. The van der Waals surface area contributed by atoms with Crippen LogP contribution < -0.4 is 0 Å². The van der Waals surface area contributed by atoms with Crippen molar-refractivity contribution in [2.45, 2.75) is 11.6 Å². The maximum atomic E-state index is 12.5. The first-order valence-corrected chi connectivity index (χ1v) is 8.90. The maximum absolute atomic E-state index is 12.5. The molecule has 0 saturated carbocycles. The fourth-order valence-electron chi connectivity index (χ4n) is 2.14. The van der Waals surface area contributed by atoms with Gasteiger partial charge in [0.05, 0.1) is 11.4 Å². The Hall–Kier alpha value is -2.25. The summed E-state index contributed by atoms with van der Waals surface area (Å²) in [6, 6.07) is 16.0. The van der Waals surface area contributed by atoms with Crippen LogP contribution in [-0.4, -0.2) is 34.4 Å². The molecule has 23 heavy (non-hydrogen) atoms. The minimum atomic E-state index is -3.62. The molecule has 0 aliphatic carbocycles. The van der Waals surface area contributed by atoms with Crippen LogP contribution in [0.3, 0.4) is 0 Å². The average Bonchev–Trinajstić information content (AvgIpc) is 3.05. The molecule has 0 N–H and O–H groups in total. The van der Waals surface area contributed by atoms with Gasteiger partial charge in [-0.15, -0.1) is 0 Å². The van der Waals surface area contributed by atoms with Gasteiger partial charge in [0.25, 0.3) is 5.16 Å². The molecular weight excluding hydrogens is 336 g/mol. The summed E-state index contributed by atoms with van der Waals surface area (Å²) in [5.74, 6) is -0.0967. The summed E-state index contributed by atoms with van der Waals surface area (Å²) in [6.07, 6.45) is 0.338. The quantitative estimate of drug-likeness (QED) is 0.707. The van der Waals surface area contributed by atoms with Crippen molar-refractivity contribution in [3.05, 3.63) is 65.2 Å². The molecule has 0 saturated heterocycles. The van der Waals surface area contributed by atoms with Gasteiger partial charge in [-0.05, 0) is 46.7 Å². The van der Waals surface area contributed by atoms with Gasteiger partial charge in [-0.2, -0.15) is 4.68 Å². The van der Waals surface area contributed by atoms with Gasteiger partial charge < -0.3 is 0 Å². The molecule has 2 aromatic carbocycles. The standard InChI is InChI=1S/C15H13ClN4O2S/c16-13-6-4-5-12(11-13)9-10-23(21,22)15-17-18-19-20(15)14-7-2-1-3-8-14/h1-8,11H,9-10H2. The van der Waals surface area contributed by atoms with Crippen molar-refractivity contribution in [2.75, 3.05) is 5.75 Å². The van der Waals surface area contributed by atoms with E-state index < -0.39 is 9.84 Å². The Balaban J connectivity index is 1.85. The fraction of sp³-hybridized carbons (Fsp3) is 0.133. The Bertz CT molecular complexity index is 910. The first kappa shape index (κ1) is 15.6. The highest BCUT2D eigenvalue weighted by Crippen LogP contribution is 2.16. The lowest BCUT2D eigenvalue weighted by Gasteiger charge is -2.06. The molecule has 0 aliphatic rings. The van der Waals surface area contributed by atoms with Crippen molar-refractivity contribution in [2.24, 2.45) is 0 Å². The molecule has 6 nitrogen and oxygen atoms in total. The molecule has 0 bridgehead atoms. The van der Waals surface area contributed by atoms with Crippen molar-refractivity contribution >= 4 is 21.4 Å². The first-order chi connectivity index (χ1) is 11.1. The van der Waals surface area contributed by atoms with Gasteiger partial charge in [0, 0.05) is 5.02 Å². The van der Waals surface area contributed by atoms with E-state index in [0.717, 1.165) is 5.56 Å². The maximum Gasteiger partial charge on any atom is 0.272 e. The zero-order valence-corrected chi connectivity index (χ0v) is 13.6. The van der Waals surface area contributed by atoms with Crippen LogP contribution in [-0.2, 0) is 16.3 Å². The van der Waals surface area contributed by atoms with Crippen LogP contribution in [0.1, 0.15) is 5.56 Å². The summed E-state index contributed by atoms with van der Waals surface area (Å²) < 4.78 is 26.3. The Labute approximate surface area is 138 Å². The van der Waals surface area contributed by atoms with Gasteiger partial charge >= 0.3 is 0 Å². The normalized spacial score (nSPS) is 11.5. The Morgan fingerprint density at radius 1 is 1.04 bits per heavy atom. The highest BCUT2D eigenvalue weighted by atomic mass is 35.5. The highest BCUT2D eigenvalue weighted by Gasteiger charge is 2.23. The fourth-order valence-corrected chi connectivity index (χ4v) is 3.61. The zero-order valence-electron chi connectivity index (χ0n) is 12.0. The molecule has 3 rings (SSSR count). The Kier molecular flexibility index (Phi) is 4.40. The van der Waals surface area contributed by atoms with Gasteiger partial charge in [-0.3, -0.25) is 0 Å². The van der Waals surface area contributed by atoms with Crippen LogP contribution in [0.15, 0.2) is 59.8 Å². The molecule has 0 radical (unpaired) electrons. The molecule has 1 aromatic heterocycles. The lowest BCUT2D eigenvalue weighted by Crippen LogP contribution is -2.15. The van der Waals surface area contributed by atoms with E-state index in [-0.39, 0.29) is 10.9 Å². The number of aromatic nitrogens is 4. The predicted molar refractivity (Wildman–Crippen MR) is 86.4 cm³/mol. The number of rotatable bonds is 5. The van der Waals surface area contributed by atoms with Crippen molar-refractivity contribution in [3.63, 3.8) is 0 Å². The molecule has 1 heterocycles. The predicted octanol–water partition coefficient (Wildman–Crippen LogP) is 2.33. The number of para-hydroxylation sites is 1. The third-order valence-electron chi connectivity index (χ3n) is 3.27. The second kappa shape index (κ2) is 6.47. The molecule has 0 spiro atoms. The van der Waals surface area contributed by atoms with E-state index in [2.05, 4.69) is 15.5 Å². The van der Waals surface area contributed by atoms with Crippen LogP contribution in [0, 0.1) is 0 Å². The third-order valence-corrected chi connectivity index (χ3v) is 5.06. The number of tetrazole rings is 1. The molecule has 0 amide bonds. The summed E-state index contributed by atoms with van der Waals surface area (Å²) in [7, 11) is -3.62. The summed E-state index contributed by atoms with van der Waals surface area (Å²) in [5.41, 5.74) is 1.44. The average molecular weight is 349 g/mol. The van der Waals surface area contributed by atoms with E-state index in [9.17, 15) is 8.42 Å². The van der Waals surface area contributed by atoms with Crippen LogP contribution in [0.4, 0.5) is 0 Å². The van der Waals surface area contributed by atoms with Crippen LogP contribution in [0.2, 0.25) is 5.02 Å². The van der Waals surface area contributed by atoms with Gasteiger partial charge in [-0.25, -0.2) is 8.42 Å². The molecule has 8 heteroatoms. The molecule has 0 atom stereocenters. The van der Waals surface area contributed by atoms with Crippen molar-refractivity contribution in [3.8, 4) is 5.69 Å². The summed E-state index contributed by atoms with van der Waals surface area (Å²) >= 11 is 5.91. The van der Waals surface area contributed by atoms with Gasteiger partial charge in [0.15, 0.2) is 0 Å². The number of benzene rings is 2. The van der Waals surface area contributed by atoms with Crippen LogP contribution >= 0.6 is 11.6 Å².